The summed E-state index contributed by atoms with van der Waals surface area (Å²) in [5.74, 6) is 0. The molecule has 2 aromatic carbocycles. The first-order chi connectivity index (χ1) is 16.0. The van der Waals surface area contributed by atoms with Gasteiger partial charge in [0.25, 0.3) is 0 Å². The zero-order chi connectivity index (χ0) is 22.7. The van der Waals surface area contributed by atoms with Gasteiger partial charge in [-0.2, -0.15) is 0 Å². The summed E-state index contributed by atoms with van der Waals surface area (Å²) in [5, 5.41) is 3.18. The molecule has 6 rings (SSSR count). The van der Waals surface area contributed by atoms with E-state index in [-0.39, 0.29) is 0 Å². The summed E-state index contributed by atoms with van der Waals surface area (Å²) < 4.78 is 0. The Hall–Kier alpha value is -3.30. The second-order valence-corrected chi connectivity index (χ2v) is 14.2. The number of allylic oxidation sites excluding steroid dienone is 6. The largest absolute Gasteiger partial charge is 0.337 e. The van der Waals surface area contributed by atoms with Gasteiger partial charge in [0, 0.05) is 35.9 Å². The van der Waals surface area contributed by atoms with Gasteiger partial charge in [0.05, 0.1) is 0 Å². The molecule has 0 spiro atoms. The second-order valence-electron chi connectivity index (χ2n) is 9.94. The quantitative estimate of drug-likeness (QED) is 0.462. The van der Waals surface area contributed by atoms with Crippen LogP contribution < -0.4 is 9.80 Å². The molecule has 2 aliphatic carbocycles. The van der Waals surface area contributed by atoms with Crippen LogP contribution in [0.5, 0.6) is 0 Å². The third-order valence-corrected chi connectivity index (χ3v) is 11.2. The van der Waals surface area contributed by atoms with E-state index in [2.05, 4.69) is 122 Å². The first-order valence-corrected chi connectivity index (χ1v) is 14.9. The topological polar surface area (TPSA) is 6.48 Å². The van der Waals surface area contributed by atoms with Crippen LogP contribution in [0.2, 0.25) is 13.1 Å². The van der Waals surface area contributed by atoms with E-state index in [4.69, 9.17) is 0 Å². The van der Waals surface area contributed by atoms with Crippen LogP contribution in [0, 0.1) is 0 Å². The van der Waals surface area contributed by atoms with Crippen molar-refractivity contribution in [1.82, 2.24) is 0 Å². The van der Waals surface area contributed by atoms with Crippen LogP contribution in [-0.2, 0) is 0 Å². The first-order valence-electron chi connectivity index (χ1n) is 11.9. The average molecular weight is 447 g/mol. The molecule has 0 radical (unpaired) electrons. The summed E-state index contributed by atoms with van der Waals surface area (Å²) in [4.78, 5) is 5.04. The molecule has 33 heavy (non-hydrogen) atoms. The summed E-state index contributed by atoms with van der Waals surface area (Å²) >= 11 is 0. The number of hydrogen-bond donors (Lipinski definition) is 0. The highest BCUT2D eigenvalue weighted by Crippen LogP contribution is 2.50. The van der Waals surface area contributed by atoms with E-state index in [1.54, 1.807) is 10.4 Å². The van der Waals surface area contributed by atoms with E-state index in [0.29, 0.717) is 0 Å². The lowest BCUT2D eigenvalue weighted by Gasteiger charge is -2.35. The van der Waals surface area contributed by atoms with Gasteiger partial charge in [0.1, 0.15) is 8.07 Å². The molecule has 4 aliphatic rings. The van der Waals surface area contributed by atoms with E-state index in [1.165, 1.54) is 45.1 Å². The van der Waals surface area contributed by atoms with Crippen LogP contribution in [-0.4, -0.2) is 21.2 Å². The third kappa shape index (κ3) is 2.99. The molecule has 164 valence electrons. The Balaban J connectivity index is 1.52. The number of hydrogen-bond acceptors (Lipinski definition) is 2. The van der Waals surface area contributed by atoms with Crippen molar-refractivity contribution in [2.45, 2.75) is 26.9 Å². The van der Waals surface area contributed by atoms with E-state index in [9.17, 15) is 0 Å². The number of para-hydroxylation sites is 2. The Morgan fingerprint density at radius 2 is 1.00 bits per heavy atom. The van der Waals surface area contributed by atoms with E-state index in [1.807, 2.05) is 0 Å². The summed E-state index contributed by atoms with van der Waals surface area (Å²) in [6.45, 7) is 11.7. The lowest BCUT2D eigenvalue weighted by molar-refractivity contribution is 1.07. The Morgan fingerprint density at radius 1 is 0.606 bits per heavy atom. The summed E-state index contributed by atoms with van der Waals surface area (Å²) in [5.41, 5.74) is 11.1. The van der Waals surface area contributed by atoms with Gasteiger partial charge in [-0.3, -0.25) is 0 Å². The molecule has 0 unspecified atom stereocenters. The fourth-order valence-corrected chi connectivity index (χ4v) is 10.4. The Morgan fingerprint density at radius 3 is 1.39 bits per heavy atom. The van der Waals surface area contributed by atoms with Gasteiger partial charge in [-0.25, -0.2) is 0 Å². The van der Waals surface area contributed by atoms with Crippen LogP contribution in [0.4, 0.5) is 11.4 Å². The van der Waals surface area contributed by atoms with Crippen molar-refractivity contribution in [3.8, 4) is 0 Å². The molecule has 2 aromatic rings. The van der Waals surface area contributed by atoms with E-state index in [0.717, 1.165) is 13.1 Å². The van der Waals surface area contributed by atoms with Crippen LogP contribution in [0.25, 0.3) is 0 Å². The monoisotopic (exact) mass is 446 g/mol. The molecule has 0 fully saturated rings. The molecule has 2 nitrogen and oxygen atoms in total. The minimum absolute atomic E-state index is 0.953. The van der Waals surface area contributed by atoms with E-state index < -0.39 is 8.07 Å². The van der Waals surface area contributed by atoms with Crippen LogP contribution >= 0.6 is 0 Å². The van der Waals surface area contributed by atoms with Crippen molar-refractivity contribution in [2.24, 2.45) is 0 Å². The zero-order valence-corrected chi connectivity index (χ0v) is 20.9. The third-order valence-electron chi connectivity index (χ3n) is 7.47. The highest BCUT2D eigenvalue weighted by atomic mass is 28.3. The molecule has 0 saturated carbocycles. The maximum Gasteiger partial charge on any atom is 0.118 e. The number of fused-ring (bicyclic) bond motifs is 2. The summed E-state index contributed by atoms with van der Waals surface area (Å²) in [6.07, 6.45) is 9.63. The van der Waals surface area contributed by atoms with Gasteiger partial charge in [0.2, 0.25) is 0 Å². The van der Waals surface area contributed by atoms with Gasteiger partial charge in [-0.1, -0.05) is 73.8 Å². The van der Waals surface area contributed by atoms with Crippen molar-refractivity contribution < 1.29 is 0 Å². The highest BCUT2D eigenvalue weighted by Gasteiger charge is 2.44. The zero-order valence-electron chi connectivity index (χ0n) is 19.9. The predicted octanol–water partition coefficient (Wildman–Crippen LogP) is 7.09. The number of rotatable bonds is 4. The van der Waals surface area contributed by atoms with Crippen molar-refractivity contribution in [3.63, 3.8) is 0 Å². The molecule has 0 bridgehead atoms. The molecule has 0 saturated heterocycles. The van der Waals surface area contributed by atoms with Crippen LogP contribution in [0.15, 0.2) is 129 Å². The number of anilines is 2. The summed E-state index contributed by atoms with van der Waals surface area (Å²) in [7, 11) is -2.03. The molecule has 0 N–H and O–H groups in total. The van der Waals surface area contributed by atoms with Gasteiger partial charge in [-0.05, 0) is 70.8 Å². The van der Waals surface area contributed by atoms with Crippen molar-refractivity contribution in [3.05, 3.63) is 129 Å². The predicted molar refractivity (Wildman–Crippen MR) is 143 cm³/mol. The Labute approximate surface area is 198 Å². The first kappa shape index (κ1) is 20.3. The molecular formula is C30H30N2Si. The van der Waals surface area contributed by atoms with E-state index >= 15 is 0 Å². The Bertz CT molecular complexity index is 1230. The molecule has 3 heteroatoms. The molecule has 0 atom stereocenters. The van der Waals surface area contributed by atoms with Crippen LogP contribution in [0.3, 0.4) is 0 Å². The minimum atomic E-state index is -2.03. The molecule has 2 heterocycles. The maximum atomic E-state index is 2.56. The van der Waals surface area contributed by atoms with Gasteiger partial charge < -0.3 is 9.80 Å². The van der Waals surface area contributed by atoms with Gasteiger partial charge >= 0.3 is 0 Å². The maximum absolute atomic E-state index is 2.56. The second kappa shape index (κ2) is 7.36. The fraction of sp³-hybridized carbons (Fsp3) is 0.200. The SMILES string of the molecule is CC1=CC2=CCN(c3ccccc3)C2=C1[Si](C)(C)C1=C2C(=CCN2c2ccccc2)C=C1C. The average Bonchev–Trinajstić information content (AvgIpc) is 3.54. The van der Waals surface area contributed by atoms with Crippen molar-refractivity contribution >= 4 is 19.4 Å². The van der Waals surface area contributed by atoms with Crippen molar-refractivity contribution in [2.75, 3.05) is 22.9 Å². The normalized spacial score (nSPS) is 19.6. The lowest BCUT2D eigenvalue weighted by atomic mass is 10.2. The van der Waals surface area contributed by atoms with Gasteiger partial charge in [-0.15, -0.1) is 0 Å². The smallest absolute Gasteiger partial charge is 0.118 e. The molecule has 0 amide bonds. The summed E-state index contributed by atoms with van der Waals surface area (Å²) in [6, 6.07) is 21.7. The molecule has 2 aliphatic heterocycles. The minimum Gasteiger partial charge on any atom is -0.337 e. The fourth-order valence-electron chi connectivity index (χ4n) is 6.25. The highest BCUT2D eigenvalue weighted by molar-refractivity contribution is 6.92. The lowest BCUT2D eigenvalue weighted by Crippen LogP contribution is -2.38. The van der Waals surface area contributed by atoms with Gasteiger partial charge in [0.15, 0.2) is 0 Å². The van der Waals surface area contributed by atoms with Crippen LogP contribution in [0.1, 0.15) is 13.8 Å². The number of nitrogens with zero attached hydrogens (tertiary/aromatic N) is 2. The molecular weight excluding hydrogens is 416 g/mol. The Kier molecular flexibility index (Phi) is 4.53. The standard InChI is InChI=1S/C30H30N2Si/c1-21-19-23-15-17-31(25-11-7-5-8-12-25)27(23)29(21)33(3,4)30-22(2)20-24-16-18-32(28(24)30)26-13-9-6-10-14-26/h5-16,19-20H,17-18H2,1-4H3. The molecule has 0 aromatic heterocycles. The van der Waals surface area contributed by atoms with Crippen molar-refractivity contribution in [1.29, 1.82) is 0 Å². The number of benzene rings is 2.